The van der Waals surface area contributed by atoms with Gasteiger partial charge in [-0.2, -0.15) is 5.10 Å². The van der Waals surface area contributed by atoms with Gasteiger partial charge in [0.15, 0.2) is 5.65 Å². The second-order valence-corrected chi connectivity index (χ2v) is 7.53. The standard InChI is InChI=1S/C22H25N7O3/c1-3-10-28-20-18(21(31)29(11-4-2)22(28)32)25-19(26-20)15-13-23-27-16(15)12-17(30)24-14-8-6-5-7-9-14/h5-9,13H,3-4,10-12H2,1-2H3,(H,23,27)(H,24,30)(H,25,26). The van der Waals surface area contributed by atoms with Gasteiger partial charge in [-0.1, -0.05) is 32.0 Å². The van der Waals surface area contributed by atoms with Gasteiger partial charge in [0.25, 0.3) is 5.56 Å². The van der Waals surface area contributed by atoms with Gasteiger partial charge >= 0.3 is 5.69 Å². The Morgan fingerprint density at radius 2 is 1.78 bits per heavy atom. The lowest BCUT2D eigenvalue weighted by molar-refractivity contribution is -0.115. The number of rotatable bonds is 8. The predicted molar refractivity (Wildman–Crippen MR) is 122 cm³/mol. The number of carbonyl (C=O) groups excluding carboxylic acids is 1. The van der Waals surface area contributed by atoms with Crippen LogP contribution >= 0.6 is 0 Å². The number of amides is 1. The summed E-state index contributed by atoms with van der Waals surface area (Å²) in [5.74, 6) is 0.165. The molecule has 3 N–H and O–H groups in total. The maximum absolute atomic E-state index is 12.9. The Labute approximate surface area is 183 Å². The first-order chi connectivity index (χ1) is 15.5. The number of fused-ring (bicyclic) bond motifs is 1. The van der Waals surface area contributed by atoms with Crippen LogP contribution < -0.4 is 16.6 Å². The van der Waals surface area contributed by atoms with Crippen molar-refractivity contribution >= 4 is 22.8 Å². The number of aromatic amines is 2. The molecule has 3 aromatic heterocycles. The fourth-order valence-corrected chi connectivity index (χ4v) is 3.68. The van der Waals surface area contributed by atoms with Crippen LogP contribution in [0.2, 0.25) is 0 Å². The Bertz CT molecular complexity index is 1360. The number of nitrogens with zero attached hydrogens (tertiary/aromatic N) is 4. The van der Waals surface area contributed by atoms with Crippen molar-refractivity contribution in [3.63, 3.8) is 0 Å². The number of H-pyrrole nitrogens is 2. The van der Waals surface area contributed by atoms with E-state index in [1.165, 1.54) is 9.13 Å². The molecule has 0 fully saturated rings. The number of hydrogen-bond donors (Lipinski definition) is 3. The Kier molecular flexibility index (Phi) is 6.02. The van der Waals surface area contributed by atoms with Crippen LogP contribution in [0.3, 0.4) is 0 Å². The lowest BCUT2D eigenvalue weighted by Gasteiger charge is -2.09. The van der Waals surface area contributed by atoms with Crippen molar-refractivity contribution in [2.45, 2.75) is 46.2 Å². The average Bonchev–Trinajstić information content (AvgIpc) is 3.42. The molecule has 0 saturated heterocycles. The maximum atomic E-state index is 12.9. The van der Waals surface area contributed by atoms with Crippen molar-refractivity contribution in [1.29, 1.82) is 0 Å². The molecule has 3 heterocycles. The first kappa shape index (κ1) is 21.3. The second-order valence-electron chi connectivity index (χ2n) is 7.53. The van der Waals surface area contributed by atoms with Crippen LogP contribution in [0, 0.1) is 0 Å². The van der Waals surface area contributed by atoms with Crippen molar-refractivity contribution in [2.75, 3.05) is 5.32 Å². The molecule has 0 radical (unpaired) electrons. The first-order valence-corrected chi connectivity index (χ1v) is 10.6. The van der Waals surface area contributed by atoms with E-state index in [2.05, 4.69) is 25.5 Å². The summed E-state index contributed by atoms with van der Waals surface area (Å²) in [5.41, 5.74) is 1.63. The molecule has 1 aromatic carbocycles. The third-order valence-electron chi connectivity index (χ3n) is 5.12. The van der Waals surface area contributed by atoms with Crippen molar-refractivity contribution in [3.8, 4) is 11.4 Å². The Morgan fingerprint density at radius 3 is 2.50 bits per heavy atom. The highest BCUT2D eigenvalue weighted by atomic mass is 16.2. The van der Waals surface area contributed by atoms with Crippen LogP contribution in [0.1, 0.15) is 32.4 Å². The molecule has 10 heteroatoms. The SMILES string of the molecule is CCCn1c(=O)c2[nH]c(-c3cn[nH]c3CC(=O)Nc3ccccc3)nc2n(CCC)c1=O. The van der Waals surface area contributed by atoms with Gasteiger partial charge in [0.2, 0.25) is 5.91 Å². The molecule has 10 nitrogen and oxygen atoms in total. The normalized spacial score (nSPS) is 11.2. The number of aromatic nitrogens is 6. The van der Waals surface area contributed by atoms with E-state index in [4.69, 9.17) is 0 Å². The number of hydrogen-bond acceptors (Lipinski definition) is 5. The first-order valence-electron chi connectivity index (χ1n) is 10.6. The summed E-state index contributed by atoms with van der Waals surface area (Å²) >= 11 is 0. The fourth-order valence-electron chi connectivity index (χ4n) is 3.68. The summed E-state index contributed by atoms with van der Waals surface area (Å²) in [5, 5.41) is 9.73. The van der Waals surface area contributed by atoms with E-state index in [1.807, 2.05) is 32.0 Å². The molecule has 4 aromatic rings. The summed E-state index contributed by atoms with van der Waals surface area (Å²) in [4.78, 5) is 45.9. The highest BCUT2D eigenvalue weighted by Gasteiger charge is 2.20. The Morgan fingerprint density at radius 1 is 1.06 bits per heavy atom. The summed E-state index contributed by atoms with van der Waals surface area (Å²) in [6.07, 6.45) is 2.98. The van der Waals surface area contributed by atoms with E-state index < -0.39 is 5.56 Å². The monoisotopic (exact) mass is 435 g/mol. The van der Waals surface area contributed by atoms with Crippen molar-refractivity contribution in [1.82, 2.24) is 29.3 Å². The summed E-state index contributed by atoms with van der Waals surface area (Å²) in [7, 11) is 0. The minimum Gasteiger partial charge on any atom is -0.332 e. The van der Waals surface area contributed by atoms with E-state index in [0.717, 1.165) is 6.42 Å². The van der Waals surface area contributed by atoms with Gasteiger partial charge in [0.1, 0.15) is 11.3 Å². The summed E-state index contributed by atoms with van der Waals surface area (Å²) < 4.78 is 2.76. The molecular weight excluding hydrogens is 410 g/mol. The number of imidazole rings is 1. The number of nitrogens with one attached hydrogen (secondary N) is 3. The molecule has 0 aliphatic heterocycles. The van der Waals surface area contributed by atoms with Gasteiger partial charge in [0, 0.05) is 18.8 Å². The number of benzene rings is 1. The quantitative estimate of drug-likeness (QED) is 0.391. The fraction of sp³-hybridized carbons (Fsp3) is 0.318. The molecule has 1 amide bonds. The van der Waals surface area contributed by atoms with Gasteiger partial charge in [0.05, 0.1) is 23.9 Å². The van der Waals surface area contributed by atoms with E-state index in [1.54, 1.807) is 18.3 Å². The number of aryl methyl sites for hydroxylation is 1. The number of para-hydroxylation sites is 1. The molecule has 0 spiro atoms. The van der Waals surface area contributed by atoms with Crippen LogP contribution in [0.15, 0.2) is 46.1 Å². The molecule has 0 bridgehead atoms. The third-order valence-corrected chi connectivity index (χ3v) is 5.12. The average molecular weight is 435 g/mol. The van der Waals surface area contributed by atoms with Crippen LogP contribution in [-0.4, -0.2) is 35.2 Å². The van der Waals surface area contributed by atoms with E-state index in [-0.39, 0.29) is 23.5 Å². The predicted octanol–water partition coefficient (Wildman–Crippen LogP) is 2.28. The lowest BCUT2D eigenvalue weighted by atomic mass is 10.2. The summed E-state index contributed by atoms with van der Waals surface area (Å²) in [6, 6.07) is 9.16. The van der Waals surface area contributed by atoms with Gasteiger partial charge in [-0.05, 0) is 25.0 Å². The molecule has 0 aliphatic carbocycles. The molecule has 32 heavy (non-hydrogen) atoms. The molecule has 4 rings (SSSR count). The molecule has 166 valence electrons. The smallest absolute Gasteiger partial charge is 0.332 e. The van der Waals surface area contributed by atoms with Crippen molar-refractivity contribution < 1.29 is 4.79 Å². The highest BCUT2D eigenvalue weighted by molar-refractivity contribution is 5.93. The molecule has 0 atom stereocenters. The van der Waals surface area contributed by atoms with E-state index >= 15 is 0 Å². The molecule has 0 aliphatic rings. The third kappa shape index (κ3) is 3.98. The number of anilines is 1. The van der Waals surface area contributed by atoms with E-state index in [9.17, 15) is 14.4 Å². The second kappa shape index (κ2) is 9.04. The van der Waals surface area contributed by atoms with Gasteiger partial charge < -0.3 is 10.3 Å². The Hall–Kier alpha value is -3.95. The Balaban J connectivity index is 1.72. The molecular formula is C22H25N7O3. The largest absolute Gasteiger partial charge is 0.332 e. The van der Waals surface area contributed by atoms with Gasteiger partial charge in [-0.25, -0.2) is 9.78 Å². The van der Waals surface area contributed by atoms with Crippen LogP contribution in [0.25, 0.3) is 22.6 Å². The zero-order valence-corrected chi connectivity index (χ0v) is 18.0. The van der Waals surface area contributed by atoms with E-state index in [0.29, 0.717) is 47.9 Å². The van der Waals surface area contributed by atoms with Gasteiger partial charge in [-0.3, -0.25) is 23.8 Å². The highest BCUT2D eigenvalue weighted by Crippen LogP contribution is 2.22. The minimum absolute atomic E-state index is 0.0447. The van der Waals surface area contributed by atoms with Crippen LogP contribution in [0.5, 0.6) is 0 Å². The minimum atomic E-state index is -0.398. The van der Waals surface area contributed by atoms with Gasteiger partial charge in [-0.15, -0.1) is 0 Å². The zero-order chi connectivity index (χ0) is 22.7. The lowest BCUT2D eigenvalue weighted by Crippen LogP contribution is -2.40. The number of carbonyl (C=O) groups is 1. The van der Waals surface area contributed by atoms with Crippen molar-refractivity contribution in [3.05, 3.63) is 63.1 Å². The maximum Gasteiger partial charge on any atom is 0.332 e. The van der Waals surface area contributed by atoms with Crippen LogP contribution in [0.4, 0.5) is 5.69 Å². The molecule has 0 saturated carbocycles. The van der Waals surface area contributed by atoms with Crippen molar-refractivity contribution in [2.24, 2.45) is 0 Å². The summed E-state index contributed by atoms with van der Waals surface area (Å²) in [6.45, 7) is 4.65. The molecule has 0 unspecified atom stereocenters. The zero-order valence-electron chi connectivity index (χ0n) is 18.0. The van der Waals surface area contributed by atoms with Crippen LogP contribution in [-0.2, 0) is 24.3 Å². The topological polar surface area (TPSA) is 130 Å².